The number of benzene rings is 1. The van der Waals surface area contributed by atoms with E-state index in [-0.39, 0.29) is 5.75 Å². The smallest absolute Gasteiger partial charge is 0.394 e. The van der Waals surface area contributed by atoms with Crippen molar-refractivity contribution in [1.29, 1.82) is 0 Å². The summed E-state index contributed by atoms with van der Waals surface area (Å²) < 4.78 is 49.6. The molecule has 0 saturated carbocycles. The Kier molecular flexibility index (Phi) is 6.35. The second-order valence-electron chi connectivity index (χ2n) is 6.09. The van der Waals surface area contributed by atoms with Gasteiger partial charge in [-0.3, -0.25) is 9.59 Å². The molecule has 0 aliphatic carbocycles. The summed E-state index contributed by atoms with van der Waals surface area (Å²) in [5.41, 5.74) is 0.852. The van der Waals surface area contributed by atoms with Crippen LogP contribution in [0.3, 0.4) is 0 Å². The quantitative estimate of drug-likeness (QED) is 0.812. The van der Waals surface area contributed by atoms with E-state index in [1.54, 1.807) is 18.2 Å². The lowest BCUT2D eigenvalue weighted by atomic mass is 9.96. The van der Waals surface area contributed by atoms with Gasteiger partial charge in [0.25, 0.3) is 5.91 Å². The minimum atomic E-state index is -4.69. The van der Waals surface area contributed by atoms with Gasteiger partial charge in [0.15, 0.2) is 18.1 Å². The van der Waals surface area contributed by atoms with Crippen LogP contribution in [0.1, 0.15) is 12.5 Å². The van der Waals surface area contributed by atoms with Crippen molar-refractivity contribution in [2.45, 2.75) is 13.1 Å². The molecule has 1 saturated heterocycles. The molecule has 0 spiro atoms. The summed E-state index contributed by atoms with van der Waals surface area (Å²) in [6.45, 7) is 0.138. The highest BCUT2D eigenvalue weighted by Gasteiger charge is 2.53. The maximum absolute atomic E-state index is 13.0. The Labute approximate surface area is 154 Å². The van der Waals surface area contributed by atoms with Crippen molar-refractivity contribution in [1.82, 2.24) is 4.90 Å². The fourth-order valence-corrected chi connectivity index (χ4v) is 2.92. The number of carbonyl (C=O) groups excluding carboxylic acids is 1. The molecule has 148 valence electrons. The molecular weight excluding hydrogens is 367 g/mol. The van der Waals surface area contributed by atoms with Gasteiger partial charge >= 0.3 is 12.1 Å². The molecule has 1 N–H and O–H groups in total. The van der Waals surface area contributed by atoms with Crippen molar-refractivity contribution in [3.8, 4) is 11.5 Å². The molecule has 1 aromatic rings. The van der Waals surface area contributed by atoms with Gasteiger partial charge < -0.3 is 19.5 Å². The van der Waals surface area contributed by atoms with Crippen LogP contribution in [0, 0.1) is 11.8 Å². The number of ether oxygens (including phenoxy) is 2. The number of rotatable bonds is 6. The van der Waals surface area contributed by atoms with Gasteiger partial charge in [0.05, 0.1) is 18.9 Å². The van der Waals surface area contributed by atoms with Crippen molar-refractivity contribution in [3.63, 3.8) is 0 Å². The van der Waals surface area contributed by atoms with E-state index in [1.165, 1.54) is 7.11 Å². The molecule has 0 aromatic heterocycles. The third-order valence-corrected chi connectivity index (χ3v) is 4.31. The monoisotopic (exact) mass is 387 g/mol. The van der Waals surface area contributed by atoms with Gasteiger partial charge in [-0.1, -0.05) is 18.2 Å². The summed E-state index contributed by atoms with van der Waals surface area (Å²) in [6.07, 6.45) is -1.02. The first kappa shape index (κ1) is 20.6. The number of methoxy groups -OCH3 is 1. The first-order valence-corrected chi connectivity index (χ1v) is 8.18. The molecule has 1 aliphatic rings. The van der Waals surface area contributed by atoms with E-state index >= 15 is 0 Å². The van der Waals surface area contributed by atoms with Crippen LogP contribution in [-0.2, 0) is 9.59 Å². The van der Waals surface area contributed by atoms with Crippen molar-refractivity contribution >= 4 is 18.0 Å². The average molecular weight is 387 g/mol. The van der Waals surface area contributed by atoms with Crippen LogP contribution in [0.5, 0.6) is 11.5 Å². The van der Waals surface area contributed by atoms with Crippen LogP contribution >= 0.6 is 0 Å². The number of allylic oxidation sites excluding steroid dienone is 1. The molecule has 2 rings (SSSR count). The molecule has 1 aliphatic heterocycles. The Morgan fingerprint density at radius 1 is 1.30 bits per heavy atom. The summed E-state index contributed by atoms with van der Waals surface area (Å²) in [6, 6.07) is 5.01. The van der Waals surface area contributed by atoms with E-state index in [2.05, 4.69) is 0 Å². The van der Waals surface area contributed by atoms with Gasteiger partial charge in [-0.2, -0.15) is 13.2 Å². The summed E-state index contributed by atoms with van der Waals surface area (Å²) in [5.74, 6) is -5.42. The van der Waals surface area contributed by atoms with Crippen LogP contribution in [0.25, 0.3) is 6.08 Å². The maximum Gasteiger partial charge on any atom is 0.394 e. The van der Waals surface area contributed by atoms with Crippen LogP contribution in [-0.4, -0.2) is 54.9 Å². The molecule has 0 bridgehead atoms. The van der Waals surface area contributed by atoms with Crippen molar-refractivity contribution in [2.24, 2.45) is 11.8 Å². The number of carboxylic acid groups (broad SMARTS) is 1. The summed E-state index contributed by atoms with van der Waals surface area (Å²) in [5, 5.41) is 9.00. The molecule has 1 aromatic carbocycles. The molecule has 6 nitrogen and oxygen atoms in total. The van der Waals surface area contributed by atoms with Crippen molar-refractivity contribution in [2.75, 3.05) is 26.8 Å². The van der Waals surface area contributed by atoms with E-state index < -0.39 is 49.6 Å². The zero-order chi connectivity index (χ0) is 20.2. The molecular formula is C18H20F3NO5. The lowest BCUT2D eigenvalue weighted by molar-refractivity contribution is -0.188. The summed E-state index contributed by atoms with van der Waals surface area (Å²) in [7, 11) is 1.43. The number of alkyl halides is 3. The lowest BCUT2D eigenvalue weighted by Gasteiger charge is -2.19. The van der Waals surface area contributed by atoms with E-state index in [0.717, 1.165) is 10.5 Å². The van der Waals surface area contributed by atoms with Gasteiger partial charge in [-0.15, -0.1) is 0 Å². The minimum absolute atomic E-state index is 0.264. The van der Waals surface area contributed by atoms with E-state index in [0.29, 0.717) is 5.75 Å². The Morgan fingerprint density at radius 3 is 2.52 bits per heavy atom. The second-order valence-corrected chi connectivity index (χ2v) is 6.09. The predicted molar refractivity (Wildman–Crippen MR) is 90.4 cm³/mol. The predicted octanol–water partition coefficient (Wildman–Crippen LogP) is 2.83. The molecule has 0 radical (unpaired) electrons. The van der Waals surface area contributed by atoms with E-state index in [9.17, 15) is 22.8 Å². The average Bonchev–Trinajstić information content (AvgIpc) is 3.06. The standard InChI is InChI=1S/C18H20F3NO5/c1-3-4-11-5-6-14(15(7-11)26-2)27-10-16(23)22-8-12(17(24)25)13(9-22)18(19,20)21/h3-7,12-13H,8-10H2,1-2H3,(H,24,25)/b4-3+/t12-,13-/m1/s1. The number of hydrogen-bond donors (Lipinski definition) is 1. The first-order valence-electron chi connectivity index (χ1n) is 8.18. The fraction of sp³-hybridized carbons (Fsp3) is 0.444. The van der Waals surface area contributed by atoms with Crippen molar-refractivity contribution < 1.29 is 37.3 Å². The Hall–Kier alpha value is -2.71. The van der Waals surface area contributed by atoms with Gasteiger partial charge in [-0.05, 0) is 24.6 Å². The largest absolute Gasteiger partial charge is 0.493 e. The lowest BCUT2D eigenvalue weighted by Crippen LogP contribution is -2.35. The Bertz CT molecular complexity index is 732. The van der Waals surface area contributed by atoms with Crippen LogP contribution < -0.4 is 9.47 Å². The highest BCUT2D eigenvalue weighted by atomic mass is 19.4. The number of hydrogen-bond acceptors (Lipinski definition) is 4. The van der Waals surface area contributed by atoms with Gasteiger partial charge in [0.1, 0.15) is 0 Å². The molecule has 1 fully saturated rings. The number of aliphatic carboxylic acids is 1. The zero-order valence-corrected chi connectivity index (χ0v) is 14.8. The normalized spacial score (nSPS) is 20.1. The Morgan fingerprint density at radius 2 is 2.00 bits per heavy atom. The summed E-state index contributed by atoms with van der Waals surface area (Å²) >= 11 is 0. The van der Waals surface area contributed by atoms with E-state index in [4.69, 9.17) is 14.6 Å². The highest BCUT2D eigenvalue weighted by Crippen LogP contribution is 2.38. The van der Waals surface area contributed by atoms with Crippen LogP contribution in [0.15, 0.2) is 24.3 Å². The molecule has 0 unspecified atom stereocenters. The summed E-state index contributed by atoms with van der Waals surface area (Å²) in [4.78, 5) is 24.2. The minimum Gasteiger partial charge on any atom is -0.493 e. The highest BCUT2D eigenvalue weighted by molar-refractivity contribution is 5.80. The maximum atomic E-state index is 13.0. The molecule has 1 amide bonds. The third-order valence-electron chi connectivity index (χ3n) is 4.31. The third kappa shape index (κ3) is 4.93. The number of carboxylic acids is 1. The van der Waals surface area contributed by atoms with Gasteiger partial charge in [0.2, 0.25) is 0 Å². The topological polar surface area (TPSA) is 76.1 Å². The molecule has 9 heteroatoms. The molecule has 2 atom stereocenters. The van der Waals surface area contributed by atoms with Crippen LogP contribution in [0.4, 0.5) is 13.2 Å². The first-order chi connectivity index (χ1) is 12.7. The number of nitrogens with zero attached hydrogens (tertiary/aromatic N) is 1. The number of halogens is 3. The van der Waals surface area contributed by atoms with Gasteiger partial charge in [0, 0.05) is 13.1 Å². The fourth-order valence-electron chi connectivity index (χ4n) is 2.92. The van der Waals surface area contributed by atoms with Crippen LogP contribution in [0.2, 0.25) is 0 Å². The van der Waals surface area contributed by atoms with E-state index in [1.807, 2.05) is 19.1 Å². The van der Waals surface area contributed by atoms with Crippen molar-refractivity contribution in [3.05, 3.63) is 29.8 Å². The number of amides is 1. The molecule has 1 heterocycles. The number of likely N-dealkylation sites (tertiary alicyclic amines) is 1. The zero-order valence-electron chi connectivity index (χ0n) is 14.8. The Balaban J connectivity index is 2.05. The number of carbonyl (C=O) groups is 2. The SMILES string of the molecule is C/C=C/c1ccc(OCC(=O)N2C[C@@H](C(F)(F)F)[C@H](C(=O)O)C2)c(OC)c1. The molecule has 27 heavy (non-hydrogen) atoms. The second kappa shape index (κ2) is 8.32. The van der Waals surface area contributed by atoms with Gasteiger partial charge in [-0.25, -0.2) is 0 Å².